The van der Waals surface area contributed by atoms with Gasteiger partial charge in [-0.15, -0.1) is 6.58 Å². The fourth-order valence-electron chi connectivity index (χ4n) is 0.670. The Kier molecular flexibility index (Phi) is 1.49. The topological polar surface area (TPSA) is 12.5 Å². The molecule has 1 heterocycles. The second-order valence-corrected chi connectivity index (χ2v) is 1.83. The van der Waals surface area contributed by atoms with Gasteiger partial charge in [0.25, 0.3) is 0 Å². The number of rotatable bonds is 2. The summed E-state index contributed by atoms with van der Waals surface area (Å²) in [6.07, 6.45) is 6.48. The van der Waals surface area contributed by atoms with Crippen LogP contribution in [0.1, 0.15) is 6.92 Å². The Labute approximate surface area is 49.7 Å². The van der Waals surface area contributed by atoms with Crippen LogP contribution in [0.4, 0.5) is 0 Å². The standard InChI is InChI=1S/C7H10O/c1-3-5-7-6(4-2)8-7/h3-7H,2H2,1H3/b5-3-. The molecule has 44 valence electrons. The van der Waals surface area contributed by atoms with Gasteiger partial charge in [0.2, 0.25) is 0 Å². The Morgan fingerprint density at radius 3 is 2.62 bits per heavy atom. The van der Waals surface area contributed by atoms with Crippen LogP contribution in [0.15, 0.2) is 24.8 Å². The van der Waals surface area contributed by atoms with Gasteiger partial charge in [0, 0.05) is 0 Å². The van der Waals surface area contributed by atoms with E-state index >= 15 is 0 Å². The van der Waals surface area contributed by atoms with E-state index in [0.29, 0.717) is 12.2 Å². The number of hydrogen-bond donors (Lipinski definition) is 0. The maximum Gasteiger partial charge on any atom is 0.106 e. The van der Waals surface area contributed by atoms with E-state index in [1.807, 2.05) is 25.2 Å². The van der Waals surface area contributed by atoms with Gasteiger partial charge in [-0.05, 0) is 6.92 Å². The third-order valence-electron chi connectivity index (χ3n) is 1.18. The maximum atomic E-state index is 5.10. The predicted molar refractivity (Wildman–Crippen MR) is 33.7 cm³/mol. The van der Waals surface area contributed by atoms with Crippen molar-refractivity contribution >= 4 is 0 Å². The first-order valence-electron chi connectivity index (χ1n) is 2.79. The van der Waals surface area contributed by atoms with Crippen LogP contribution < -0.4 is 0 Å². The summed E-state index contributed by atoms with van der Waals surface area (Å²) in [6, 6.07) is 0. The summed E-state index contributed by atoms with van der Waals surface area (Å²) in [5, 5.41) is 0. The van der Waals surface area contributed by atoms with Crippen molar-refractivity contribution in [3.05, 3.63) is 24.8 Å². The van der Waals surface area contributed by atoms with E-state index in [1.165, 1.54) is 0 Å². The molecular formula is C7H10O. The number of hydrogen-bond acceptors (Lipinski definition) is 1. The van der Waals surface area contributed by atoms with E-state index in [1.54, 1.807) is 0 Å². The van der Waals surface area contributed by atoms with Crippen LogP contribution in [0.25, 0.3) is 0 Å². The Hall–Kier alpha value is -0.560. The van der Waals surface area contributed by atoms with Crippen LogP contribution in [-0.4, -0.2) is 12.2 Å². The molecule has 1 heteroatoms. The van der Waals surface area contributed by atoms with E-state index in [9.17, 15) is 0 Å². The first-order valence-corrected chi connectivity index (χ1v) is 2.79. The average Bonchev–Trinajstić information content (AvgIpc) is 2.48. The molecule has 8 heavy (non-hydrogen) atoms. The Bertz CT molecular complexity index is 116. The van der Waals surface area contributed by atoms with Crippen LogP contribution in [0.5, 0.6) is 0 Å². The van der Waals surface area contributed by atoms with Crippen LogP contribution in [0, 0.1) is 0 Å². The van der Waals surface area contributed by atoms with Crippen molar-refractivity contribution in [1.29, 1.82) is 0 Å². The summed E-state index contributed by atoms with van der Waals surface area (Å²) in [5.41, 5.74) is 0. The second kappa shape index (κ2) is 2.14. The highest BCUT2D eigenvalue weighted by atomic mass is 16.6. The van der Waals surface area contributed by atoms with E-state index in [4.69, 9.17) is 4.74 Å². The summed E-state index contributed by atoms with van der Waals surface area (Å²) in [7, 11) is 0. The molecule has 0 saturated carbocycles. The van der Waals surface area contributed by atoms with Crippen molar-refractivity contribution in [2.45, 2.75) is 19.1 Å². The lowest BCUT2D eigenvalue weighted by Gasteiger charge is -1.71. The number of epoxide rings is 1. The van der Waals surface area contributed by atoms with Crippen molar-refractivity contribution in [2.75, 3.05) is 0 Å². The zero-order chi connectivity index (χ0) is 5.98. The molecule has 0 aliphatic carbocycles. The normalized spacial score (nSPS) is 35.6. The highest BCUT2D eigenvalue weighted by molar-refractivity contribution is 5.08. The molecule has 0 amide bonds. The number of ether oxygens (including phenoxy) is 1. The molecule has 0 bridgehead atoms. The lowest BCUT2D eigenvalue weighted by atomic mass is 10.3. The molecule has 1 aliphatic rings. The van der Waals surface area contributed by atoms with Crippen molar-refractivity contribution in [3.63, 3.8) is 0 Å². The van der Waals surface area contributed by atoms with Crippen LogP contribution in [-0.2, 0) is 4.74 Å². The zero-order valence-electron chi connectivity index (χ0n) is 5.00. The summed E-state index contributed by atoms with van der Waals surface area (Å²) in [5.74, 6) is 0. The van der Waals surface area contributed by atoms with Crippen molar-refractivity contribution in [2.24, 2.45) is 0 Å². The summed E-state index contributed by atoms with van der Waals surface area (Å²) >= 11 is 0. The average molecular weight is 110 g/mol. The molecule has 0 N–H and O–H groups in total. The fraction of sp³-hybridized carbons (Fsp3) is 0.429. The SMILES string of the molecule is C=CC1OC1/C=C\C. The van der Waals surface area contributed by atoms with E-state index in [0.717, 1.165) is 0 Å². The van der Waals surface area contributed by atoms with E-state index in [-0.39, 0.29) is 0 Å². The minimum Gasteiger partial charge on any atom is -0.361 e. The predicted octanol–water partition coefficient (Wildman–Crippen LogP) is 1.52. The molecule has 0 aromatic heterocycles. The zero-order valence-corrected chi connectivity index (χ0v) is 5.00. The monoisotopic (exact) mass is 110 g/mol. The van der Waals surface area contributed by atoms with Gasteiger partial charge in [-0.1, -0.05) is 18.2 Å². The molecule has 0 aromatic rings. The number of allylic oxidation sites excluding steroid dienone is 1. The molecule has 1 nitrogen and oxygen atoms in total. The molecular weight excluding hydrogens is 100 g/mol. The maximum absolute atomic E-state index is 5.10. The highest BCUT2D eigenvalue weighted by Gasteiger charge is 2.32. The minimum absolute atomic E-state index is 0.297. The molecule has 0 aromatic carbocycles. The van der Waals surface area contributed by atoms with Gasteiger partial charge in [0.05, 0.1) is 0 Å². The van der Waals surface area contributed by atoms with E-state index in [2.05, 4.69) is 6.58 Å². The van der Waals surface area contributed by atoms with E-state index < -0.39 is 0 Å². The van der Waals surface area contributed by atoms with Gasteiger partial charge in [-0.25, -0.2) is 0 Å². The summed E-state index contributed by atoms with van der Waals surface area (Å²) < 4.78 is 5.10. The molecule has 1 fully saturated rings. The minimum atomic E-state index is 0.297. The van der Waals surface area contributed by atoms with Gasteiger partial charge in [-0.3, -0.25) is 0 Å². The van der Waals surface area contributed by atoms with Crippen molar-refractivity contribution in [1.82, 2.24) is 0 Å². The van der Waals surface area contributed by atoms with Gasteiger partial charge < -0.3 is 4.74 Å². The Morgan fingerprint density at radius 2 is 2.25 bits per heavy atom. The lowest BCUT2D eigenvalue weighted by Crippen LogP contribution is -1.81. The fourth-order valence-corrected chi connectivity index (χ4v) is 0.670. The Balaban J connectivity index is 2.26. The molecule has 1 aliphatic heterocycles. The van der Waals surface area contributed by atoms with Gasteiger partial charge in [0.15, 0.2) is 0 Å². The van der Waals surface area contributed by atoms with Crippen molar-refractivity contribution in [3.8, 4) is 0 Å². The van der Waals surface area contributed by atoms with Crippen LogP contribution in [0.2, 0.25) is 0 Å². The molecule has 0 spiro atoms. The first kappa shape index (κ1) is 5.57. The Morgan fingerprint density at radius 1 is 1.50 bits per heavy atom. The third-order valence-corrected chi connectivity index (χ3v) is 1.18. The summed E-state index contributed by atoms with van der Waals surface area (Å²) in [4.78, 5) is 0. The summed E-state index contributed by atoms with van der Waals surface area (Å²) in [6.45, 7) is 5.58. The van der Waals surface area contributed by atoms with Crippen LogP contribution >= 0.6 is 0 Å². The smallest absolute Gasteiger partial charge is 0.106 e. The van der Waals surface area contributed by atoms with Gasteiger partial charge >= 0.3 is 0 Å². The lowest BCUT2D eigenvalue weighted by molar-refractivity contribution is 0.413. The quantitative estimate of drug-likeness (QED) is 0.388. The molecule has 2 atom stereocenters. The first-order chi connectivity index (χ1) is 3.88. The molecule has 0 radical (unpaired) electrons. The molecule has 2 unspecified atom stereocenters. The molecule has 1 rings (SSSR count). The van der Waals surface area contributed by atoms with Crippen molar-refractivity contribution < 1.29 is 4.74 Å². The molecule has 1 saturated heterocycles. The highest BCUT2D eigenvalue weighted by Crippen LogP contribution is 2.23. The van der Waals surface area contributed by atoms with Gasteiger partial charge in [-0.2, -0.15) is 0 Å². The third kappa shape index (κ3) is 0.984. The largest absolute Gasteiger partial charge is 0.361 e. The van der Waals surface area contributed by atoms with Crippen LogP contribution in [0.3, 0.4) is 0 Å². The second-order valence-electron chi connectivity index (χ2n) is 1.83. The van der Waals surface area contributed by atoms with Gasteiger partial charge in [0.1, 0.15) is 12.2 Å².